The number of hydrogen-bond donors (Lipinski definition) is 2. The molecule has 0 spiro atoms. The normalized spacial score (nSPS) is 21.5. The third-order valence-corrected chi connectivity index (χ3v) is 4.26. The number of carbonyl (C=O) groups excluding carboxylic acids is 2. The van der Waals surface area contributed by atoms with Crippen molar-refractivity contribution >= 4 is 29.3 Å². The van der Waals surface area contributed by atoms with E-state index in [2.05, 4.69) is 10.6 Å². The highest BCUT2D eigenvalue weighted by atomic mass is 32.2. The molecule has 0 aliphatic carbocycles. The second kappa shape index (κ2) is 5.63. The van der Waals surface area contributed by atoms with Crippen LogP contribution in [0.5, 0.6) is 0 Å². The molecule has 0 saturated heterocycles. The third-order valence-electron chi connectivity index (χ3n) is 2.91. The second-order valence-electron chi connectivity index (χ2n) is 4.33. The number of thioether (sulfide) groups is 1. The van der Waals surface area contributed by atoms with Crippen molar-refractivity contribution in [3.8, 4) is 0 Å². The van der Waals surface area contributed by atoms with Gasteiger partial charge in [0.1, 0.15) is 0 Å². The predicted octanol–water partition coefficient (Wildman–Crippen LogP) is 1.25. The number of fused-ring (bicyclic) bond motifs is 1. The molecule has 2 rings (SSSR count). The zero-order chi connectivity index (χ0) is 13.9. The van der Waals surface area contributed by atoms with Gasteiger partial charge in [-0.2, -0.15) is 0 Å². The highest BCUT2D eigenvalue weighted by molar-refractivity contribution is 8.02. The van der Waals surface area contributed by atoms with E-state index in [1.165, 1.54) is 11.8 Å². The van der Waals surface area contributed by atoms with Gasteiger partial charge in [0.25, 0.3) is 0 Å². The van der Waals surface area contributed by atoms with Crippen molar-refractivity contribution in [2.24, 2.45) is 0 Å². The van der Waals surface area contributed by atoms with E-state index in [1.54, 1.807) is 14.0 Å². The number of nitrogens with one attached hydrogen (secondary N) is 2. The molecule has 5 nitrogen and oxygen atoms in total. The van der Waals surface area contributed by atoms with E-state index in [4.69, 9.17) is 4.74 Å². The number of amides is 2. The molecule has 19 heavy (non-hydrogen) atoms. The Balaban J connectivity index is 2.15. The maximum atomic E-state index is 12.2. The van der Waals surface area contributed by atoms with E-state index in [0.717, 1.165) is 10.6 Å². The van der Waals surface area contributed by atoms with Crippen molar-refractivity contribution in [3.63, 3.8) is 0 Å². The van der Waals surface area contributed by atoms with Gasteiger partial charge in [-0.3, -0.25) is 9.59 Å². The Hall–Kier alpha value is -1.53. The zero-order valence-electron chi connectivity index (χ0n) is 10.9. The fourth-order valence-corrected chi connectivity index (χ4v) is 2.88. The van der Waals surface area contributed by atoms with Gasteiger partial charge in [-0.05, 0) is 19.1 Å². The van der Waals surface area contributed by atoms with E-state index in [9.17, 15) is 9.59 Å². The predicted molar refractivity (Wildman–Crippen MR) is 74.2 cm³/mol. The molecule has 0 radical (unpaired) electrons. The lowest BCUT2D eigenvalue weighted by molar-refractivity contribution is -0.130. The second-order valence-corrected chi connectivity index (χ2v) is 5.79. The van der Waals surface area contributed by atoms with Crippen molar-refractivity contribution < 1.29 is 14.3 Å². The summed E-state index contributed by atoms with van der Waals surface area (Å²) < 4.78 is 3.72. The fourth-order valence-electron chi connectivity index (χ4n) is 1.75. The van der Waals surface area contributed by atoms with E-state index in [1.807, 2.05) is 24.3 Å². The minimum atomic E-state index is -1.15. The first-order valence-corrected chi connectivity index (χ1v) is 6.76. The average Bonchev–Trinajstić information content (AvgIpc) is 2.40. The van der Waals surface area contributed by atoms with Crippen molar-refractivity contribution in [1.82, 2.24) is 5.32 Å². The number of para-hydroxylation sites is 1. The number of rotatable bonds is 4. The number of ether oxygens (including phenoxy) is 1. The van der Waals surface area contributed by atoms with E-state index >= 15 is 0 Å². The lowest BCUT2D eigenvalue weighted by Gasteiger charge is -2.31. The molecule has 0 unspecified atom stereocenters. The summed E-state index contributed by atoms with van der Waals surface area (Å²) in [6.45, 7) is 2.44. The minimum absolute atomic E-state index is 0.300. The van der Waals surface area contributed by atoms with Gasteiger partial charge < -0.3 is 15.4 Å². The summed E-state index contributed by atoms with van der Waals surface area (Å²) in [5.74, 6) is -0.604. The Morgan fingerprint density at radius 2 is 2.21 bits per heavy atom. The first kappa shape index (κ1) is 13.9. The molecule has 1 aliphatic heterocycles. The molecule has 1 atom stereocenters. The van der Waals surface area contributed by atoms with Crippen LogP contribution >= 0.6 is 11.8 Å². The molecule has 2 N–H and O–H groups in total. The first-order valence-electron chi connectivity index (χ1n) is 5.94. The van der Waals surface area contributed by atoms with Crippen LogP contribution in [0.4, 0.5) is 5.69 Å². The first-order chi connectivity index (χ1) is 9.08. The van der Waals surface area contributed by atoms with Gasteiger partial charge >= 0.3 is 0 Å². The summed E-state index contributed by atoms with van der Waals surface area (Å²) in [7, 11) is 1.56. The van der Waals surface area contributed by atoms with Crippen LogP contribution < -0.4 is 10.6 Å². The van der Waals surface area contributed by atoms with Crippen LogP contribution in [0.1, 0.15) is 6.92 Å². The standard InChI is InChI=1S/C13H16N2O3S/c1-13(11(16)14-7-8-18-2)12(17)15-9-5-3-4-6-10(9)19-13/h3-6H,7-8H2,1-2H3,(H,14,16)(H,15,17)/t13-/m1/s1. The summed E-state index contributed by atoms with van der Waals surface area (Å²) in [6, 6.07) is 7.44. The lowest BCUT2D eigenvalue weighted by Crippen LogP contribution is -2.52. The van der Waals surface area contributed by atoms with Crippen molar-refractivity contribution in [2.45, 2.75) is 16.6 Å². The molecule has 2 amide bonds. The van der Waals surface area contributed by atoms with Crippen LogP contribution in [0.2, 0.25) is 0 Å². The fraction of sp³-hybridized carbons (Fsp3) is 0.385. The van der Waals surface area contributed by atoms with Gasteiger partial charge in [0.15, 0.2) is 4.75 Å². The maximum Gasteiger partial charge on any atom is 0.250 e. The maximum absolute atomic E-state index is 12.2. The largest absolute Gasteiger partial charge is 0.383 e. The van der Waals surface area contributed by atoms with Gasteiger partial charge in [0.2, 0.25) is 11.8 Å². The number of hydrogen-bond acceptors (Lipinski definition) is 4. The Bertz CT molecular complexity index is 506. The zero-order valence-corrected chi connectivity index (χ0v) is 11.7. The third kappa shape index (κ3) is 2.74. The minimum Gasteiger partial charge on any atom is -0.383 e. The highest BCUT2D eigenvalue weighted by Crippen LogP contribution is 2.42. The van der Waals surface area contributed by atoms with Crippen LogP contribution in [0.3, 0.4) is 0 Å². The van der Waals surface area contributed by atoms with Crippen LogP contribution in [0.15, 0.2) is 29.2 Å². The summed E-state index contributed by atoms with van der Waals surface area (Å²) in [5.41, 5.74) is 0.750. The molecule has 102 valence electrons. The Kier molecular flexibility index (Phi) is 4.11. The molecule has 0 aromatic heterocycles. The average molecular weight is 280 g/mol. The molecule has 0 fully saturated rings. The number of benzene rings is 1. The van der Waals surface area contributed by atoms with Crippen molar-refractivity contribution in [2.75, 3.05) is 25.6 Å². The molecule has 1 heterocycles. The smallest absolute Gasteiger partial charge is 0.250 e. The number of anilines is 1. The monoisotopic (exact) mass is 280 g/mol. The Labute approximate surface area is 116 Å². The molecule has 1 aliphatic rings. The summed E-state index contributed by atoms with van der Waals surface area (Å²) >= 11 is 1.27. The summed E-state index contributed by atoms with van der Waals surface area (Å²) in [6.07, 6.45) is 0. The Morgan fingerprint density at radius 1 is 1.47 bits per heavy atom. The molecular weight excluding hydrogens is 264 g/mol. The highest BCUT2D eigenvalue weighted by Gasteiger charge is 2.45. The van der Waals surface area contributed by atoms with E-state index in [-0.39, 0.29) is 11.8 Å². The topological polar surface area (TPSA) is 67.4 Å². The molecule has 1 aromatic carbocycles. The van der Waals surface area contributed by atoms with Gasteiger partial charge in [-0.25, -0.2) is 0 Å². The van der Waals surface area contributed by atoms with Crippen molar-refractivity contribution in [3.05, 3.63) is 24.3 Å². The van der Waals surface area contributed by atoms with Crippen LogP contribution in [0.25, 0.3) is 0 Å². The molecular formula is C13H16N2O3S. The molecule has 0 bridgehead atoms. The SMILES string of the molecule is COCCNC(=O)[C@@]1(C)Sc2ccccc2NC1=O. The van der Waals surface area contributed by atoms with Gasteiger partial charge in [0.05, 0.1) is 12.3 Å². The molecule has 6 heteroatoms. The van der Waals surface area contributed by atoms with E-state index in [0.29, 0.717) is 13.2 Å². The quantitative estimate of drug-likeness (QED) is 0.643. The van der Waals surface area contributed by atoms with Crippen molar-refractivity contribution in [1.29, 1.82) is 0 Å². The van der Waals surface area contributed by atoms with Gasteiger partial charge in [-0.1, -0.05) is 23.9 Å². The van der Waals surface area contributed by atoms with Crippen LogP contribution in [0, 0.1) is 0 Å². The molecule has 0 saturated carbocycles. The van der Waals surface area contributed by atoms with E-state index < -0.39 is 4.75 Å². The summed E-state index contributed by atoms with van der Waals surface area (Å²) in [5, 5.41) is 5.48. The lowest BCUT2D eigenvalue weighted by atomic mass is 10.1. The number of carbonyl (C=O) groups is 2. The van der Waals surface area contributed by atoms with Gasteiger partial charge in [0, 0.05) is 18.6 Å². The summed E-state index contributed by atoms with van der Waals surface area (Å²) in [4.78, 5) is 25.2. The van der Waals surface area contributed by atoms with Crippen LogP contribution in [-0.4, -0.2) is 36.8 Å². The molecule has 1 aromatic rings. The van der Waals surface area contributed by atoms with Crippen LogP contribution in [-0.2, 0) is 14.3 Å². The van der Waals surface area contributed by atoms with Gasteiger partial charge in [-0.15, -0.1) is 0 Å². The number of methoxy groups -OCH3 is 1. The Morgan fingerprint density at radius 3 is 2.95 bits per heavy atom.